The van der Waals surface area contributed by atoms with E-state index in [-0.39, 0.29) is 5.41 Å². The molecule has 0 unspecified atom stereocenters. The molecule has 0 atom stereocenters. The van der Waals surface area contributed by atoms with Crippen molar-refractivity contribution in [3.63, 3.8) is 0 Å². The molecule has 4 heteroatoms. The summed E-state index contributed by atoms with van der Waals surface area (Å²) in [6.07, 6.45) is 1.91. The number of nitrogens with one attached hydrogen (secondary N) is 1. The fourth-order valence-corrected chi connectivity index (χ4v) is 3.45. The topological polar surface area (TPSA) is 47.1 Å². The summed E-state index contributed by atoms with van der Waals surface area (Å²) in [4.78, 5) is 8.09. The van der Waals surface area contributed by atoms with Crippen molar-refractivity contribution in [3.8, 4) is 34.1 Å². The van der Waals surface area contributed by atoms with Crippen molar-refractivity contribution in [2.75, 3.05) is 7.11 Å². The number of aromatic nitrogens is 2. The van der Waals surface area contributed by atoms with E-state index < -0.39 is 0 Å². The summed E-state index contributed by atoms with van der Waals surface area (Å²) in [6, 6.07) is 24.5. The largest absolute Gasteiger partial charge is 0.496 e. The van der Waals surface area contributed by atoms with Crippen LogP contribution < -0.4 is 9.47 Å². The number of nitrogens with zero attached hydrogens (tertiary/aromatic N) is 1. The zero-order valence-corrected chi connectivity index (χ0v) is 18.5. The summed E-state index contributed by atoms with van der Waals surface area (Å²) < 4.78 is 11.6. The van der Waals surface area contributed by atoms with Gasteiger partial charge in [-0.25, -0.2) is 4.98 Å². The number of methoxy groups -OCH3 is 1. The van der Waals surface area contributed by atoms with Gasteiger partial charge in [0.2, 0.25) is 0 Å². The molecule has 4 rings (SSSR count). The zero-order chi connectivity index (χ0) is 21.8. The summed E-state index contributed by atoms with van der Waals surface area (Å²) >= 11 is 0. The lowest BCUT2D eigenvalue weighted by Crippen LogP contribution is -2.10. The average Bonchev–Trinajstić information content (AvgIpc) is 3.28. The van der Waals surface area contributed by atoms with E-state index in [1.54, 1.807) is 7.11 Å². The minimum Gasteiger partial charge on any atom is -0.496 e. The van der Waals surface area contributed by atoms with Gasteiger partial charge in [-0.1, -0.05) is 75.4 Å². The Morgan fingerprint density at radius 1 is 0.903 bits per heavy atom. The molecule has 31 heavy (non-hydrogen) atoms. The van der Waals surface area contributed by atoms with Gasteiger partial charge in [-0.3, -0.25) is 0 Å². The Morgan fingerprint density at radius 3 is 2.32 bits per heavy atom. The van der Waals surface area contributed by atoms with Crippen molar-refractivity contribution >= 4 is 0 Å². The highest BCUT2D eigenvalue weighted by atomic mass is 16.5. The molecule has 4 aromatic rings. The number of ether oxygens (including phenoxy) is 2. The number of benzene rings is 3. The first-order chi connectivity index (χ1) is 14.9. The SMILES string of the molecule is COc1cc(OCc2ccccc2)ccc1-c1c[nH]c(-c2ccc(C(C)(C)C)cc2)n1. The van der Waals surface area contributed by atoms with Gasteiger partial charge in [0, 0.05) is 23.4 Å². The van der Waals surface area contributed by atoms with Crippen LogP contribution in [0, 0.1) is 0 Å². The normalized spacial score (nSPS) is 11.4. The van der Waals surface area contributed by atoms with Gasteiger partial charge in [-0.2, -0.15) is 0 Å². The molecule has 0 spiro atoms. The second-order valence-corrected chi connectivity index (χ2v) is 8.60. The Kier molecular flexibility index (Phi) is 5.81. The minimum atomic E-state index is 0.130. The highest BCUT2D eigenvalue weighted by Gasteiger charge is 2.15. The summed E-state index contributed by atoms with van der Waals surface area (Å²) in [5.74, 6) is 2.33. The van der Waals surface area contributed by atoms with Gasteiger partial charge in [-0.15, -0.1) is 0 Å². The number of hydrogen-bond donors (Lipinski definition) is 1. The van der Waals surface area contributed by atoms with Crippen LogP contribution in [0.4, 0.5) is 0 Å². The average molecular weight is 413 g/mol. The Morgan fingerprint density at radius 2 is 1.65 bits per heavy atom. The van der Waals surface area contributed by atoms with Crippen LogP contribution in [0.3, 0.4) is 0 Å². The van der Waals surface area contributed by atoms with Gasteiger partial charge in [0.1, 0.15) is 23.9 Å². The molecule has 0 fully saturated rings. The number of H-pyrrole nitrogens is 1. The van der Waals surface area contributed by atoms with Gasteiger partial charge < -0.3 is 14.5 Å². The van der Waals surface area contributed by atoms with E-state index in [2.05, 4.69) is 50.0 Å². The summed E-state index contributed by atoms with van der Waals surface area (Å²) in [5.41, 5.74) is 5.37. The van der Waals surface area contributed by atoms with E-state index in [1.807, 2.05) is 54.7 Å². The zero-order valence-electron chi connectivity index (χ0n) is 18.5. The molecular formula is C27H28N2O2. The Labute approximate surface area is 183 Å². The van der Waals surface area contributed by atoms with Crippen LogP contribution in [0.5, 0.6) is 11.5 Å². The van der Waals surface area contributed by atoms with Crippen molar-refractivity contribution < 1.29 is 9.47 Å². The summed E-state index contributed by atoms with van der Waals surface area (Å²) in [7, 11) is 1.67. The predicted octanol–water partition coefficient (Wildman–Crippen LogP) is 6.63. The maximum absolute atomic E-state index is 5.93. The van der Waals surface area contributed by atoms with Crippen LogP contribution in [0.1, 0.15) is 31.9 Å². The molecule has 0 aliphatic rings. The van der Waals surface area contributed by atoms with Gasteiger partial charge >= 0.3 is 0 Å². The molecule has 0 saturated carbocycles. The fraction of sp³-hybridized carbons (Fsp3) is 0.222. The summed E-state index contributed by atoms with van der Waals surface area (Å²) in [6.45, 7) is 7.16. The van der Waals surface area contributed by atoms with Gasteiger partial charge in [0.05, 0.1) is 12.8 Å². The molecule has 0 bridgehead atoms. The standard InChI is InChI=1S/C27H28N2O2/c1-27(2,3)21-12-10-20(11-13-21)26-28-17-24(29-26)23-15-14-22(16-25(23)30-4)31-18-19-8-6-5-7-9-19/h5-17H,18H2,1-4H3,(H,28,29). The minimum absolute atomic E-state index is 0.130. The molecule has 0 radical (unpaired) electrons. The number of rotatable bonds is 6. The van der Waals surface area contributed by atoms with Crippen LogP contribution in [-0.4, -0.2) is 17.1 Å². The van der Waals surface area contributed by atoms with Crippen molar-refractivity contribution in [2.24, 2.45) is 0 Å². The van der Waals surface area contributed by atoms with Crippen LogP contribution in [0.2, 0.25) is 0 Å². The van der Waals surface area contributed by atoms with E-state index in [0.717, 1.165) is 39.7 Å². The van der Waals surface area contributed by atoms with Crippen LogP contribution >= 0.6 is 0 Å². The number of hydrogen-bond acceptors (Lipinski definition) is 3. The molecule has 1 N–H and O–H groups in total. The van der Waals surface area contributed by atoms with Crippen LogP contribution in [-0.2, 0) is 12.0 Å². The van der Waals surface area contributed by atoms with Crippen molar-refractivity contribution in [2.45, 2.75) is 32.8 Å². The third kappa shape index (κ3) is 4.80. The van der Waals surface area contributed by atoms with Crippen molar-refractivity contribution in [1.29, 1.82) is 0 Å². The number of imidazole rings is 1. The van der Waals surface area contributed by atoms with Gasteiger partial charge in [-0.05, 0) is 28.7 Å². The number of aromatic amines is 1. The molecular weight excluding hydrogens is 384 g/mol. The molecule has 0 aliphatic heterocycles. The van der Waals surface area contributed by atoms with Crippen molar-refractivity contribution in [1.82, 2.24) is 9.97 Å². The first-order valence-corrected chi connectivity index (χ1v) is 10.5. The summed E-state index contributed by atoms with van der Waals surface area (Å²) in [5, 5.41) is 0. The molecule has 3 aromatic carbocycles. The second kappa shape index (κ2) is 8.68. The molecule has 0 amide bonds. The first kappa shape index (κ1) is 20.7. The molecule has 0 saturated heterocycles. The van der Waals surface area contributed by atoms with Crippen LogP contribution in [0.15, 0.2) is 79.0 Å². The van der Waals surface area contributed by atoms with E-state index in [4.69, 9.17) is 14.5 Å². The van der Waals surface area contributed by atoms with Gasteiger partial charge in [0.25, 0.3) is 0 Å². The molecule has 0 aliphatic carbocycles. The monoisotopic (exact) mass is 412 g/mol. The fourth-order valence-electron chi connectivity index (χ4n) is 3.45. The predicted molar refractivity (Wildman–Crippen MR) is 125 cm³/mol. The van der Waals surface area contributed by atoms with E-state index in [9.17, 15) is 0 Å². The maximum atomic E-state index is 5.93. The quantitative estimate of drug-likeness (QED) is 0.387. The highest BCUT2D eigenvalue weighted by Crippen LogP contribution is 2.34. The lowest BCUT2D eigenvalue weighted by molar-refractivity contribution is 0.304. The van der Waals surface area contributed by atoms with Gasteiger partial charge in [0.15, 0.2) is 0 Å². The lowest BCUT2D eigenvalue weighted by atomic mass is 9.87. The van der Waals surface area contributed by atoms with E-state index >= 15 is 0 Å². The lowest BCUT2D eigenvalue weighted by Gasteiger charge is -2.18. The second-order valence-electron chi connectivity index (χ2n) is 8.60. The van der Waals surface area contributed by atoms with Crippen LogP contribution in [0.25, 0.3) is 22.6 Å². The van der Waals surface area contributed by atoms with E-state index in [0.29, 0.717) is 6.61 Å². The third-order valence-corrected chi connectivity index (χ3v) is 5.30. The maximum Gasteiger partial charge on any atom is 0.138 e. The molecule has 1 aromatic heterocycles. The molecule has 1 heterocycles. The third-order valence-electron chi connectivity index (χ3n) is 5.30. The smallest absolute Gasteiger partial charge is 0.138 e. The Balaban J connectivity index is 1.54. The van der Waals surface area contributed by atoms with Crippen molar-refractivity contribution in [3.05, 3.63) is 90.1 Å². The molecule has 4 nitrogen and oxygen atoms in total. The molecule has 158 valence electrons. The Bertz CT molecular complexity index is 1140. The van der Waals surface area contributed by atoms with E-state index in [1.165, 1.54) is 5.56 Å². The highest BCUT2D eigenvalue weighted by molar-refractivity contribution is 5.71. The first-order valence-electron chi connectivity index (χ1n) is 10.5. The Hall–Kier alpha value is -3.53.